The van der Waals surface area contributed by atoms with Crippen LogP contribution in [-0.2, 0) is 14.3 Å². The molecule has 0 aliphatic heterocycles. The highest BCUT2D eigenvalue weighted by Gasteiger charge is 2.17. The highest BCUT2D eigenvalue weighted by molar-refractivity contribution is 5.77. The molecule has 0 aliphatic carbocycles. The van der Waals surface area contributed by atoms with Crippen molar-refractivity contribution < 1.29 is 19.4 Å². The molecule has 0 radical (unpaired) electrons. The van der Waals surface area contributed by atoms with E-state index in [4.69, 9.17) is 0 Å². The van der Waals surface area contributed by atoms with E-state index in [1.165, 1.54) is 13.3 Å². The second-order valence-electron chi connectivity index (χ2n) is 3.55. The van der Waals surface area contributed by atoms with Crippen molar-refractivity contribution in [2.75, 3.05) is 7.11 Å². The minimum Gasteiger partial charge on any atom is -0.469 e. The number of nitrogens with one attached hydrogen (secondary N) is 1. The molecule has 0 spiro atoms. The number of amides is 1. The van der Waals surface area contributed by atoms with Crippen LogP contribution in [0, 0.1) is 0 Å². The lowest BCUT2D eigenvalue weighted by Crippen LogP contribution is -2.18. The Hall–Kier alpha value is -2.14. The van der Waals surface area contributed by atoms with Crippen molar-refractivity contribution in [3.8, 4) is 0 Å². The third kappa shape index (κ3) is 4.03. The van der Waals surface area contributed by atoms with Crippen LogP contribution in [0.4, 0.5) is 0 Å². The van der Waals surface area contributed by atoms with Gasteiger partial charge in [0.05, 0.1) is 19.6 Å². The van der Waals surface area contributed by atoms with Gasteiger partial charge in [0, 0.05) is 11.8 Å². The molecular weight excluding hydrogens is 234 g/mol. The first-order valence-electron chi connectivity index (χ1n) is 5.39. The van der Waals surface area contributed by atoms with E-state index in [1.54, 1.807) is 24.3 Å². The van der Waals surface area contributed by atoms with Crippen molar-refractivity contribution in [3.63, 3.8) is 0 Å². The van der Waals surface area contributed by atoms with E-state index in [9.17, 15) is 14.7 Å². The van der Waals surface area contributed by atoms with Crippen molar-refractivity contribution in [1.82, 2.24) is 5.32 Å². The highest BCUT2D eigenvalue weighted by Crippen LogP contribution is 2.19. The lowest BCUT2D eigenvalue weighted by atomic mass is 9.99. The summed E-state index contributed by atoms with van der Waals surface area (Å²) in [6.45, 7) is 0. The van der Waals surface area contributed by atoms with Gasteiger partial charge >= 0.3 is 5.97 Å². The van der Waals surface area contributed by atoms with Crippen molar-refractivity contribution in [1.29, 1.82) is 0 Å². The molecule has 0 aromatic heterocycles. The quantitative estimate of drug-likeness (QED) is 0.574. The lowest BCUT2D eigenvalue weighted by molar-refractivity contribution is -0.142. The van der Waals surface area contributed by atoms with Crippen LogP contribution in [-0.4, -0.2) is 30.7 Å². The monoisotopic (exact) mass is 249 g/mol. The lowest BCUT2D eigenvalue weighted by Gasteiger charge is -2.14. The molecule has 18 heavy (non-hydrogen) atoms. The van der Waals surface area contributed by atoms with Gasteiger partial charge in [-0.2, -0.15) is 0 Å². The third-order valence-electron chi connectivity index (χ3n) is 2.36. The van der Waals surface area contributed by atoms with E-state index in [-0.39, 0.29) is 6.42 Å². The minimum atomic E-state index is -1.03. The van der Waals surface area contributed by atoms with Crippen LogP contribution < -0.4 is 5.32 Å². The third-order valence-corrected chi connectivity index (χ3v) is 2.36. The maximum Gasteiger partial charge on any atom is 0.308 e. The molecule has 0 fully saturated rings. The molecule has 1 aromatic rings. The summed E-state index contributed by atoms with van der Waals surface area (Å²) >= 11 is 0. The van der Waals surface area contributed by atoms with Gasteiger partial charge in [-0.3, -0.25) is 9.59 Å². The molecule has 0 saturated heterocycles. The number of rotatable bonds is 6. The van der Waals surface area contributed by atoms with Gasteiger partial charge in [-0.25, -0.2) is 0 Å². The average Bonchev–Trinajstić information content (AvgIpc) is 2.40. The fraction of sp³-hybridized carbons (Fsp3) is 0.231. The van der Waals surface area contributed by atoms with Crippen molar-refractivity contribution in [2.45, 2.75) is 12.5 Å². The molecule has 1 aromatic carbocycles. The normalized spacial score (nSPS) is 12.7. The number of carbonyl (C=O) groups is 2. The van der Waals surface area contributed by atoms with Crippen LogP contribution in [0.25, 0.3) is 5.57 Å². The number of benzene rings is 1. The van der Waals surface area contributed by atoms with E-state index in [0.717, 1.165) is 5.56 Å². The molecule has 1 amide bonds. The zero-order valence-corrected chi connectivity index (χ0v) is 10.00. The first kappa shape index (κ1) is 13.9. The Balaban J connectivity index is 2.92. The summed E-state index contributed by atoms with van der Waals surface area (Å²) < 4.78 is 4.50. The zero-order valence-electron chi connectivity index (χ0n) is 10.00. The van der Waals surface area contributed by atoms with Gasteiger partial charge in [-0.05, 0) is 5.56 Å². The van der Waals surface area contributed by atoms with Crippen LogP contribution in [0.3, 0.4) is 0 Å². The molecule has 5 heteroatoms. The molecule has 0 bridgehead atoms. The van der Waals surface area contributed by atoms with Gasteiger partial charge in [-0.15, -0.1) is 0 Å². The predicted molar refractivity (Wildman–Crippen MR) is 66.3 cm³/mol. The summed E-state index contributed by atoms with van der Waals surface area (Å²) in [4.78, 5) is 21.4. The highest BCUT2D eigenvalue weighted by atomic mass is 16.5. The largest absolute Gasteiger partial charge is 0.469 e. The minimum absolute atomic E-state index is 0.169. The second-order valence-corrected chi connectivity index (χ2v) is 3.55. The van der Waals surface area contributed by atoms with Gasteiger partial charge in [-0.1, -0.05) is 30.3 Å². The van der Waals surface area contributed by atoms with Crippen molar-refractivity contribution >= 4 is 18.0 Å². The first-order valence-corrected chi connectivity index (χ1v) is 5.39. The van der Waals surface area contributed by atoms with Crippen LogP contribution in [0.15, 0.2) is 36.5 Å². The molecular formula is C13H15NO4. The summed E-state index contributed by atoms with van der Waals surface area (Å²) in [7, 11) is 1.25. The van der Waals surface area contributed by atoms with E-state index in [2.05, 4.69) is 10.1 Å². The molecule has 1 rings (SSSR count). The van der Waals surface area contributed by atoms with Gasteiger partial charge in [0.2, 0.25) is 6.41 Å². The molecule has 1 unspecified atom stereocenters. The Morgan fingerprint density at radius 3 is 2.67 bits per heavy atom. The van der Waals surface area contributed by atoms with Crippen LogP contribution in [0.1, 0.15) is 12.0 Å². The molecule has 0 aliphatic rings. The summed E-state index contributed by atoms with van der Waals surface area (Å²) in [5.74, 6) is -0.518. The van der Waals surface area contributed by atoms with Gasteiger partial charge in [0.1, 0.15) is 0 Å². The number of hydrogen-bond acceptors (Lipinski definition) is 4. The Labute approximate surface area is 105 Å². The SMILES string of the molecule is COC(=O)CC(O)C(=CNC=O)c1ccccc1. The van der Waals surface area contributed by atoms with E-state index >= 15 is 0 Å². The Morgan fingerprint density at radius 1 is 1.44 bits per heavy atom. The molecule has 0 saturated carbocycles. The van der Waals surface area contributed by atoms with Gasteiger partial charge in [0.25, 0.3) is 0 Å². The summed E-state index contributed by atoms with van der Waals surface area (Å²) in [5, 5.41) is 12.3. The average molecular weight is 249 g/mol. The second kappa shape index (κ2) is 7.24. The smallest absolute Gasteiger partial charge is 0.308 e. The van der Waals surface area contributed by atoms with E-state index in [1.807, 2.05) is 6.07 Å². The maximum atomic E-state index is 11.1. The fourth-order valence-corrected chi connectivity index (χ4v) is 1.48. The number of carbonyl (C=O) groups excluding carboxylic acids is 2. The topological polar surface area (TPSA) is 75.6 Å². The first-order chi connectivity index (χ1) is 8.69. The van der Waals surface area contributed by atoms with Gasteiger partial charge < -0.3 is 15.2 Å². The Bertz CT molecular complexity index is 428. The fourth-order valence-electron chi connectivity index (χ4n) is 1.48. The van der Waals surface area contributed by atoms with Gasteiger partial charge in [0.15, 0.2) is 0 Å². The summed E-state index contributed by atoms with van der Waals surface area (Å²) in [6.07, 6.45) is 0.661. The Morgan fingerprint density at radius 2 is 2.11 bits per heavy atom. The number of hydrogen-bond donors (Lipinski definition) is 2. The van der Waals surface area contributed by atoms with Crippen LogP contribution in [0.5, 0.6) is 0 Å². The number of esters is 1. The Kier molecular flexibility index (Phi) is 5.60. The standard InChI is InChI=1S/C13H15NO4/c1-18-13(17)7-12(16)11(8-14-9-15)10-5-3-2-4-6-10/h2-6,8-9,12,16H,7H2,1H3,(H,14,15). The number of ether oxygens (including phenoxy) is 1. The van der Waals surface area contributed by atoms with E-state index < -0.39 is 12.1 Å². The summed E-state index contributed by atoms with van der Waals surface area (Å²) in [5.41, 5.74) is 1.18. The van der Waals surface area contributed by atoms with Crippen LogP contribution in [0.2, 0.25) is 0 Å². The molecule has 0 heterocycles. The maximum absolute atomic E-state index is 11.1. The number of aliphatic hydroxyl groups excluding tert-OH is 1. The molecule has 1 atom stereocenters. The summed E-state index contributed by atoms with van der Waals surface area (Å²) in [6, 6.07) is 8.99. The van der Waals surface area contributed by atoms with E-state index in [0.29, 0.717) is 12.0 Å². The molecule has 5 nitrogen and oxygen atoms in total. The van der Waals surface area contributed by atoms with Crippen LogP contribution >= 0.6 is 0 Å². The van der Waals surface area contributed by atoms with Crippen molar-refractivity contribution in [2.24, 2.45) is 0 Å². The molecule has 2 N–H and O–H groups in total. The number of methoxy groups -OCH3 is 1. The predicted octanol–water partition coefficient (Wildman–Crippen LogP) is 0.697. The molecule has 96 valence electrons. The number of aliphatic hydroxyl groups is 1. The van der Waals surface area contributed by atoms with Crippen molar-refractivity contribution in [3.05, 3.63) is 42.1 Å². The zero-order chi connectivity index (χ0) is 13.4.